The smallest absolute Gasteiger partial charge is 0.341 e. The van der Waals surface area contributed by atoms with Crippen molar-refractivity contribution in [2.45, 2.75) is 20.4 Å². The highest BCUT2D eigenvalue weighted by Gasteiger charge is 2.24. The number of nitrogens with one attached hydrogen (secondary N) is 1. The minimum atomic E-state index is -0.375. The summed E-state index contributed by atoms with van der Waals surface area (Å²) >= 11 is 0. The van der Waals surface area contributed by atoms with E-state index < -0.39 is 0 Å². The van der Waals surface area contributed by atoms with Gasteiger partial charge in [-0.1, -0.05) is 0 Å². The van der Waals surface area contributed by atoms with Crippen molar-refractivity contribution in [3.8, 4) is 28.6 Å². The first-order valence-corrected chi connectivity index (χ1v) is 10.2. The third kappa shape index (κ3) is 3.36. The van der Waals surface area contributed by atoms with Crippen LogP contribution in [0.15, 0.2) is 36.4 Å². The van der Waals surface area contributed by atoms with E-state index in [0.29, 0.717) is 41.7 Å². The van der Waals surface area contributed by atoms with E-state index in [1.807, 2.05) is 36.4 Å². The number of rotatable bonds is 7. The van der Waals surface area contributed by atoms with E-state index >= 15 is 0 Å². The monoisotopic (exact) mass is 422 g/mol. The Morgan fingerprint density at radius 2 is 1.71 bits per heavy atom. The van der Waals surface area contributed by atoms with Crippen molar-refractivity contribution in [3.63, 3.8) is 0 Å². The Kier molecular flexibility index (Phi) is 5.50. The van der Waals surface area contributed by atoms with Crippen LogP contribution >= 0.6 is 0 Å². The van der Waals surface area contributed by atoms with Crippen LogP contribution in [0.25, 0.3) is 33.2 Å². The normalized spacial score (nSPS) is 11.1. The van der Waals surface area contributed by atoms with E-state index in [0.717, 1.165) is 27.5 Å². The zero-order valence-corrected chi connectivity index (χ0v) is 18.4. The number of fused-ring (bicyclic) bond motifs is 2. The molecule has 0 aliphatic heterocycles. The fourth-order valence-electron chi connectivity index (χ4n) is 4.04. The summed E-state index contributed by atoms with van der Waals surface area (Å²) in [5, 5.41) is 1.75. The molecule has 162 valence electrons. The SMILES string of the molecule is CCOC(=O)c1c(-c2cc3cc(OC)c(OC)cc3n2CC)[nH]c2ccc(OC)cc12. The minimum Gasteiger partial charge on any atom is -0.497 e. The summed E-state index contributed by atoms with van der Waals surface area (Å²) in [6.45, 7) is 4.86. The van der Waals surface area contributed by atoms with Gasteiger partial charge in [0.1, 0.15) is 5.75 Å². The Morgan fingerprint density at radius 3 is 2.35 bits per heavy atom. The van der Waals surface area contributed by atoms with Crippen molar-refractivity contribution in [2.24, 2.45) is 0 Å². The van der Waals surface area contributed by atoms with Gasteiger partial charge in [-0.05, 0) is 44.2 Å². The molecule has 0 saturated carbocycles. The number of ether oxygens (including phenoxy) is 4. The number of methoxy groups -OCH3 is 3. The summed E-state index contributed by atoms with van der Waals surface area (Å²) in [5.74, 6) is 1.61. The first-order chi connectivity index (χ1) is 15.1. The molecule has 2 aromatic heterocycles. The number of aromatic amines is 1. The van der Waals surface area contributed by atoms with Crippen LogP contribution in [-0.2, 0) is 11.3 Å². The number of carbonyl (C=O) groups is 1. The fraction of sp³-hybridized carbons (Fsp3) is 0.292. The molecule has 2 aromatic carbocycles. The van der Waals surface area contributed by atoms with Crippen molar-refractivity contribution in [1.29, 1.82) is 0 Å². The van der Waals surface area contributed by atoms with E-state index in [9.17, 15) is 4.79 Å². The molecule has 0 saturated heterocycles. The van der Waals surface area contributed by atoms with Gasteiger partial charge >= 0.3 is 5.97 Å². The Morgan fingerprint density at radius 1 is 0.968 bits per heavy atom. The van der Waals surface area contributed by atoms with Crippen molar-refractivity contribution in [1.82, 2.24) is 9.55 Å². The number of benzene rings is 2. The van der Waals surface area contributed by atoms with Crippen LogP contribution in [0.5, 0.6) is 17.2 Å². The van der Waals surface area contributed by atoms with Gasteiger partial charge in [0.25, 0.3) is 0 Å². The predicted octanol–water partition coefficient (Wildman–Crippen LogP) is 5.01. The molecule has 31 heavy (non-hydrogen) atoms. The maximum Gasteiger partial charge on any atom is 0.341 e. The second kappa shape index (κ2) is 8.26. The highest BCUT2D eigenvalue weighted by atomic mass is 16.5. The topological polar surface area (TPSA) is 74.7 Å². The molecule has 4 rings (SSSR count). The number of nitrogens with zero attached hydrogens (tertiary/aromatic N) is 1. The number of aromatic nitrogens is 2. The first-order valence-electron chi connectivity index (χ1n) is 10.2. The molecule has 0 bridgehead atoms. The highest BCUT2D eigenvalue weighted by Crippen LogP contribution is 2.39. The Labute approximate surface area is 180 Å². The quantitative estimate of drug-likeness (QED) is 0.424. The van der Waals surface area contributed by atoms with Crippen molar-refractivity contribution >= 4 is 27.8 Å². The lowest BCUT2D eigenvalue weighted by atomic mass is 10.1. The van der Waals surface area contributed by atoms with Gasteiger partial charge in [-0.3, -0.25) is 0 Å². The van der Waals surface area contributed by atoms with Gasteiger partial charge in [0.15, 0.2) is 11.5 Å². The number of carbonyl (C=O) groups excluding carboxylic acids is 1. The van der Waals surface area contributed by atoms with Crippen LogP contribution in [0.1, 0.15) is 24.2 Å². The molecule has 1 N–H and O–H groups in total. The maximum absolute atomic E-state index is 13.0. The highest BCUT2D eigenvalue weighted by molar-refractivity contribution is 6.11. The number of hydrogen-bond acceptors (Lipinski definition) is 5. The third-order valence-corrected chi connectivity index (χ3v) is 5.46. The fourth-order valence-corrected chi connectivity index (χ4v) is 4.04. The van der Waals surface area contributed by atoms with E-state index in [1.54, 1.807) is 28.3 Å². The molecule has 0 aliphatic carbocycles. The van der Waals surface area contributed by atoms with Gasteiger partial charge in [0.05, 0.1) is 50.4 Å². The summed E-state index contributed by atoms with van der Waals surface area (Å²) in [4.78, 5) is 16.4. The van der Waals surface area contributed by atoms with Crippen molar-refractivity contribution < 1.29 is 23.7 Å². The molecule has 0 amide bonds. The average Bonchev–Trinajstić information content (AvgIpc) is 3.34. The average molecular weight is 422 g/mol. The van der Waals surface area contributed by atoms with E-state index in [1.165, 1.54) is 0 Å². The molecule has 0 radical (unpaired) electrons. The first kappa shape index (κ1) is 20.7. The van der Waals surface area contributed by atoms with Gasteiger partial charge in [-0.15, -0.1) is 0 Å². The molecule has 0 aliphatic rings. The van der Waals surface area contributed by atoms with Gasteiger partial charge in [0, 0.05) is 28.9 Å². The van der Waals surface area contributed by atoms with Gasteiger partial charge < -0.3 is 28.5 Å². The molecule has 0 fully saturated rings. The number of H-pyrrole nitrogens is 1. The molecule has 7 nitrogen and oxygen atoms in total. The van der Waals surface area contributed by atoms with Crippen LogP contribution in [0, 0.1) is 0 Å². The van der Waals surface area contributed by atoms with Gasteiger partial charge in [-0.2, -0.15) is 0 Å². The van der Waals surface area contributed by atoms with Gasteiger partial charge in [0.2, 0.25) is 0 Å². The van der Waals surface area contributed by atoms with Crippen molar-refractivity contribution in [2.75, 3.05) is 27.9 Å². The van der Waals surface area contributed by atoms with Gasteiger partial charge in [-0.25, -0.2) is 4.79 Å². The molecule has 0 atom stereocenters. The summed E-state index contributed by atoms with van der Waals surface area (Å²) in [7, 11) is 4.84. The van der Waals surface area contributed by atoms with Crippen LogP contribution in [0.3, 0.4) is 0 Å². The maximum atomic E-state index is 13.0. The molecule has 4 aromatic rings. The van der Waals surface area contributed by atoms with Crippen LogP contribution in [0.4, 0.5) is 0 Å². The van der Waals surface area contributed by atoms with E-state index in [-0.39, 0.29) is 5.97 Å². The summed E-state index contributed by atoms with van der Waals surface area (Å²) in [6, 6.07) is 11.6. The Hall–Kier alpha value is -3.61. The minimum absolute atomic E-state index is 0.292. The lowest BCUT2D eigenvalue weighted by Crippen LogP contribution is -2.07. The lowest BCUT2D eigenvalue weighted by molar-refractivity contribution is 0.0529. The molecule has 7 heteroatoms. The Balaban J connectivity index is 2.03. The summed E-state index contributed by atoms with van der Waals surface area (Å²) in [5.41, 5.74) is 3.90. The van der Waals surface area contributed by atoms with E-state index in [4.69, 9.17) is 18.9 Å². The predicted molar refractivity (Wildman–Crippen MR) is 121 cm³/mol. The van der Waals surface area contributed by atoms with Crippen molar-refractivity contribution in [3.05, 3.63) is 42.0 Å². The molecular formula is C24H26N2O5. The number of esters is 1. The zero-order chi connectivity index (χ0) is 22.1. The summed E-state index contributed by atoms with van der Waals surface area (Å²) < 4.78 is 23.9. The zero-order valence-electron chi connectivity index (χ0n) is 18.4. The second-order valence-corrected chi connectivity index (χ2v) is 7.05. The van der Waals surface area contributed by atoms with Crippen LogP contribution in [0.2, 0.25) is 0 Å². The van der Waals surface area contributed by atoms with E-state index in [2.05, 4.69) is 16.5 Å². The standard InChI is InChI=1S/C24H26N2O5/c1-6-26-18-13-21(30-5)20(29-4)11-14(18)10-19(26)23-22(24(27)31-7-2)16-12-15(28-3)8-9-17(16)25-23/h8-13,25H,6-7H2,1-5H3. The molecule has 2 heterocycles. The molecular weight excluding hydrogens is 396 g/mol. The summed E-state index contributed by atoms with van der Waals surface area (Å²) in [6.07, 6.45) is 0. The largest absolute Gasteiger partial charge is 0.497 e. The lowest BCUT2D eigenvalue weighted by Gasteiger charge is -2.11. The Bertz CT molecular complexity index is 1270. The third-order valence-electron chi connectivity index (χ3n) is 5.46. The number of hydrogen-bond donors (Lipinski definition) is 1. The van der Waals surface area contributed by atoms with Crippen LogP contribution < -0.4 is 14.2 Å². The number of aryl methyl sites for hydroxylation is 1. The molecule has 0 unspecified atom stereocenters. The second-order valence-electron chi connectivity index (χ2n) is 7.05. The van der Waals surface area contributed by atoms with Crippen LogP contribution in [-0.4, -0.2) is 43.5 Å². The molecule has 0 spiro atoms.